The minimum absolute atomic E-state index is 0.00429. The molecular formula is C19H35NO2SeSi. The van der Waals surface area contributed by atoms with Crippen LogP contribution in [0.25, 0.3) is 0 Å². The number of nitrogens with zero attached hydrogens (tertiary/aromatic N) is 1. The molecule has 0 aromatic heterocycles. The quantitative estimate of drug-likeness (QED) is 0.240. The second kappa shape index (κ2) is 8.35. The molecule has 3 nitrogen and oxygen atoms in total. The Morgan fingerprint density at radius 2 is 2.04 bits per heavy atom. The summed E-state index contributed by atoms with van der Waals surface area (Å²) in [7, 11) is -1.86. The molecule has 0 aromatic carbocycles. The third-order valence-corrected chi connectivity index (χ3v) is 12.5. The van der Waals surface area contributed by atoms with Gasteiger partial charge in [-0.3, -0.25) is 0 Å². The number of carbonyl (C=O) groups excluding carboxylic acids is 1. The number of hydrogen-bond donors (Lipinski definition) is 0. The molecule has 0 saturated carbocycles. The van der Waals surface area contributed by atoms with E-state index in [0.717, 1.165) is 17.3 Å². The van der Waals surface area contributed by atoms with Gasteiger partial charge in [-0.05, 0) is 0 Å². The van der Waals surface area contributed by atoms with Crippen LogP contribution in [0.4, 0.5) is 0 Å². The van der Waals surface area contributed by atoms with E-state index in [1.54, 1.807) is 0 Å². The van der Waals surface area contributed by atoms with E-state index >= 15 is 0 Å². The molecule has 1 aliphatic heterocycles. The summed E-state index contributed by atoms with van der Waals surface area (Å²) < 4.78 is 6.53. The van der Waals surface area contributed by atoms with Gasteiger partial charge in [-0.1, -0.05) is 0 Å². The van der Waals surface area contributed by atoms with Gasteiger partial charge in [0.25, 0.3) is 0 Å². The summed E-state index contributed by atoms with van der Waals surface area (Å²) in [4.78, 5) is 15.1. The fourth-order valence-corrected chi connectivity index (χ4v) is 7.09. The summed E-state index contributed by atoms with van der Waals surface area (Å²) in [5.74, 6) is 0.262. The van der Waals surface area contributed by atoms with Gasteiger partial charge < -0.3 is 0 Å². The molecule has 0 radical (unpaired) electrons. The van der Waals surface area contributed by atoms with Crippen molar-refractivity contribution < 1.29 is 9.22 Å². The van der Waals surface area contributed by atoms with Gasteiger partial charge in [0.2, 0.25) is 0 Å². The zero-order chi connectivity index (χ0) is 18.7. The SMILES string of the molecule is C=CCC[Se][C@@H]1[C@@H]([C@@H](C)O[Si](C)(C)C(C)(C)C)C(=O)N1CC(=C)C. The molecule has 138 valence electrons. The Bertz CT molecular complexity index is 484. The normalized spacial score (nSPS) is 23.0. The van der Waals surface area contributed by atoms with Crippen molar-refractivity contribution in [3.8, 4) is 0 Å². The van der Waals surface area contributed by atoms with E-state index in [1.807, 2.05) is 17.9 Å². The van der Waals surface area contributed by atoms with Crippen molar-refractivity contribution in [1.29, 1.82) is 0 Å². The molecule has 0 spiro atoms. The maximum absolute atomic E-state index is 12.7. The van der Waals surface area contributed by atoms with E-state index in [9.17, 15) is 4.79 Å². The van der Waals surface area contributed by atoms with Gasteiger partial charge in [0.05, 0.1) is 0 Å². The van der Waals surface area contributed by atoms with Gasteiger partial charge in [0.15, 0.2) is 0 Å². The molecule has 0 unspecified atom stereocenters. The molecule has 0 aliphatic carbocycles. The molecule has 5 heteroatoms. The van der Waals surface area contributed by atoms with Crippen LogP contribution in [0.2, 0.25) is 23.5 Å². The summed E-state index contributed by atoms with van der Waals surface area (Å²) in [5, 5.41) is 1.29. The van der Waals surface area contributed by atoms with Gasteiger partial charge in [0.1, 0.15) is 0 Å². The number of likely N-dealkylation sites (tertiary alicyclic amines) is 1. The Balaban J connectivity index is 2.84. The fraction of sp³-hybridized carbons (Fsp3) is 0.737. The van der Waals surface area contributed by atoms with E-state index in [1.165, 1.54) is 0 Å². The summed E-state index contributed by atoms with van der Waals surface area (Å²) in [6, 6.07) is 0. The maximum atomic E-state index is 12.7. The van der Waals surface area contributed by atoms with E-state index in [-0.39, 0.29) is 23.0 Å². The summed E-state index contributed by atoms with van der Waals surface area (Å²) in [6.45, 7) is 23.8. The van der Waals surface area contributed by atoms with E-state index in [2.05, 4.69) is 53.9 Å². The number of amides is 1. The molecule has 1 aliphatic rings. The van der Waals surface area contributed by atoms with Crippen LogP contribution in [0.5, 0.6) is 0 Å². The van der Waals surface area contributed by atoms with Crippen molar-refractivity contribution >= 4 is 29.2 Å². The molecule has 0 N–H and O–H groups in total. The Labute approximate surface area is 156 Å². The molecule has 1 rings (SSSR count). The van der Waals surface area contributed by atoms with Crippen molar-refractivity contribution in [3.05, 3.63) is 24.8 Å². The first kappa shape index (κ1) is 21.7. The molecule has 0 aromatic rings. The number of rotatable bonds is 9. The average molecular weight is 417 g/mol. The zero-order valence-electron chi connectivity index (χ0n) is 16.5. The average Bonchev–Trinajstić information content (AvgIpc) is 2.41. The molecule has 24 heavy (non-hydrogen) atoms. The summed E-state index contributed by atoms with van der Waals surface area (Å²) >= 11 is 0.396. The topological polar surface area (TPSA) is 29.5 Å². The minimum atomic E-state index is -1.86. The third-order valence-electron chi connectivity index (χ3n) is 5.03. The van der Waals surface area contributed by atoms with Crippen LogP contribution in [0, 0.1) is 5.92 Å². The molecule has 1 saturated heterocycles. The second-order valence-corrected chi connectivity index (χ2v) is 15.7. The monoisotopic (exact) mass is 417 g/mol. The van der Waals surface area contributed by atoms with Crippen molar-refractivity contribution in [2.24, 2.45) is 5.92 Å². The standard InChI is InChI=1S/C19H35NO2SeSi/c1-10-11-12-23-18-16(17(21)20(18)13-14(2)3)15(4)22-24(8,9)19(5,6)7/h10,15-16,18H,1-2,11-13H2,3-9H3/t15-,16+,18-/m1/s1. The molecule has 1 fully saturated rings. The van der Waals surface area contributed by atoms with E-state index in [0.29, 0.717) is 26.4 Å². The van der Waals surface area contributed by atoms with E-state index in [4.69, 9.17) is 4.43 Å². The number of hydrogen-bond acceptors (Lipinski definition) is 2. The van der Waals surface area contributed by atoms with Gasteiger partial charge in [-0.25, -0.2) is 0 Å². The second-order valence-electron chi connectivity index (χ2n) is 8.37. The van der Waals surface area contributed by atoms with Crippen LogP contribution >= 0.6 is 0 Å². The van der Waals surface area contributed by atoms with Gasteiger partial charge in [-0.2, -0.15) is 0 Å². The summed E-state index contributed by atoms with van der Waals surface area (Å²) in [5.41, 5.74) is 1.05. The van der Waals surface area contributed by atoms with Crippen LogP contribution in [0.1, 0.15) is 41.0 Å². The third kappa shape index (κ3) is 5.07. The summed E-state index contributed by atoms with van der Waals surface area (Å²) in [6.07, 6.45) is 2.99. The van der Waals surface area contributed by atoms with Crippen LogP contribution in [-0.2, 0) is 9.22 Å². The predicted molar refractivity (Wildman–Crippen MR) is 107 cm³/mol. The van der Waals surface area contributed by atoms with Crippen molar-refractivity contribution in [1.82, 2.24) is 4.90 Å². The zero-order valence-corrected chi connectivity index (χ0v) is 19.2. The number of β-lactam (4-membered cyclic amide) rings is 1. The van der Waals surface area contributed by atoms with Crippen LogP contribution in [0.15, 0.2) is 24.8 Å². The van der Waals surface area contributed by atoms with Gasteiger partial charge in [-0.15, -0.1) is 0 Å². The first-order valence-electron chi connectivity index (χ1n) is 8.77. The van der Waals surface area contributed by atoms with Crippen molar-refractivity contribution in [2.75, 3.05) is 6.54 Å². The van der Waals surface area contributed by atoms with Crippen LogP contribution in [-0.4, -0.2) is 51.7 Å². The molecule has 0 bridgehead atoms. The molecule has 1 amide bonds. The Morgan fingerprint density at radius 3 is 2.50 bits per heavy atom. The Hall–Kier alpha value is -0.354. The van der Waals surface area contributed by atoms with Gasteiger partial charge in [0, 0.05) is 0 Å². The first-order chi connectivity index (χ1) is 10.9. The molecule has 1 heterocycles. The van der Waals surface area contributed by atoms with Crippen molar-refractivity contribution in [3.63, 3.8) is 0 Å². The van der Waals surface area contributed by atoms with Crippen molar-refractivity contribution in [2.45, 2.75) is 75.5 Å². The molecular weight excluding hydrogens is 381 g/mol. The Kier molecular flexibility index (Phi) is 7.55. The first-order valence-corrected chi connectivity index (χ1v) is 13.9. The predicted octanol–water partition coefficient (Wildman–Crippen LogP) is 4.46. The number of allylic oxidation sites excluding steroid dienone is 1. The van der Waals surface area contributed by atoms with E-state index < -0.39 is 8.32 Å². The fourth-order valence-electron chi connectivity index (χ4n) is 2.62. The van der Waals surface area contributed by atoms with Crippen LogP contribution in [0.3, 0.4) is 0 Å². The molecule has 3 atom stereocenters. The van der Waals surface area contributed by atoms with Gasteiger partial charge >= 0.3 is 156 Å². The van der Waals surface area contributed by atoms with Crippen LogP contribution < -0.4 is 0 Å². The number of carbonyl (C=O) groups is 1. The Morgan fingerprint density at radius 1 is 1.46 bits per heavy atom.